The lowest BCUT2D eigenvalue weighted by Crippen LogP contribution is -2.49. The van der Waals surface area contributed by atoms with E-state index in [-0.39, 0.29) is 11.8 Å². The number of nitrogens with two attached hydrogens (primary N) is 1. The van der Waals surface area contributed by atoms with Gasteiger partial charge in [-0.1, -0.05) is 36.4 Å². The lowest BCUT2D eigenvalue weighted by Gasteiger charge is -2.42. The van der Waals surface area contributed by atoms with Gasteiger partial charge in [0.2, 0.25) is 11.8 Å². The monoisotopic (exact) mass is 439 g/mol. The van der Waals surface area contributed by atoms with E-state index >= 15 is 0 Å². The zero-order valence-electron chi connectivity index (χ0n) is 18.2. The van der Waals surface area contributed by atoms with Crippen LogP contribution in [0.1, 0.15) is 34.7 Å². The highest BCUT2D eigenvalue weighted by Gasteiger charge is 2.53. The molecule has 2 aliphatic heterocycles. The number of fused-ring (bicyclic) bond motifs is 3. The van der Waals surface area contributed by atoms with Gasteiger partial charge in [-0.25, -0.2) is 4.98 Å². The van der Waals surface area contributed by atoms with Gasteiger partial charge in [-0.05, 0) is 36.6 Å². The van der Waals surface area contributed by atoms with Crippen molar-refractivity contribution >= 4 is 39.4 Å². The smallest absolute Gasteiger partial charge is 0.249 e. The minimum atomic E-state index is -0.512. The van der Waals surface area contributed by atoms with Gasteiger partial charge in [-0.15, -0.1) is 0 Å². The summed E-state index contributed by atoms with van der Waals surface area (Å²) in [6, 6.07) is 17.7. The number of nitrogens with zero attached hydrogens (tertiary/aromatic N) is 2. The third kappa shape index (κ3) is 2.92. The number of primary amides is 1. The largest absolute Gasteiger partial charge is 0.366 e. The molecule has 7 heteroatoms. The van der Waals surface area contributed by atoms with Crippen LogP contribution >= 0.6 is 0 Å². The van der Waals surface area contributed by atoms with Gasteiger partial charge in [0.15, 0.2) is 0 Å². The van der Waals surface area contributed by atoms with Crippen molar-refractivity contribution < 1.29 is 9.59 Å². The van der Waals surface area contributed by atoms with Crippen LogP contribution in [0.4, 0.5) is 5.82 Å². The van der Waals surface area contributed by atoms with Crippen LogP contribution in [0.2, 0.25) is 0 Å². The molecule has 2 saturated heterocycles. The second-order valence-electron chi connectivity index (χ2n) is 9.13. The topological polar surface area (TPSA) is 104 Å². The van der Waals surface area contributed by atoms with Crippen molar-refractivity contribution in [1.82, 2.24) is 15.3 Å². The van der Waals surface area contributed by atoms with Crippen molar-refractivity contribution in [3.63, 3.8) is 0 Å². The van der Waals surface area contributed by atoms with Crippen molar-refractivity contribution in [2.75, 3.05) is 24.5 Å². The van der Waals surface area contributed by atoms with Crippen LogP contribution in [0.15, 0.2) is 60.8 Å². The summed E-state index contributed by atoms with van der Waals surface area (Å²) in [5.41, 5.74) is 8.61. The molecular weight excluding hydrogens is 414 g/mol. The molecule has 0 radical (unpaired) electrons. The average molecular weight is 440 g/mol. The Morgan fingerprint density at radius 1 is 1.06 bits per heavy atom. The van der Waals surface area contributed by atoms with Crippen LogP contribution in [0, 0.1) is 5.41 Å². The Morgan fingerprint density at radius 2 is 1.88 bits per heavy atom. The van der Waals surface area contributed by atoms with Crippen LogP contribution in [0.3, 0.4) is 0 Å². The summed E-state index contributed by atoms with van der Waals surface area (Å²) in [6.07, 6.45) is 3.51. The molecule has 2 atom stereocenters. The van der Waals surface area contributed by atoms with Gasteiger partial charge in [0, 0.05) is 48.2 Å². The second kappa shape index (κ2) is 7.33. The highest BCUT2D eigenvalue weighted by molar-refractivity contribution is 6.20. The first-order chi connectivity index (χ1) is 16.1. The number of hydrogen-bond acceptors (Lipinski definition) is 4. The number of rotatable bonds is 3. The number of anilines is 1. The molecule has 6 rings (SSSR count). The van der Waals surface area contributed by atoms with Crippen LogP contribution in [-0.2, 0) is 4.79 Å². The first-order valence-electron chi connectivity index (χ1n) is 11.4. The number of H-pyrrole nitrogens is 1. The molecule has 33 heavy (non-hydrogen) atoms. The number of pyridine rings is 1. The van der Waals surface area contributed by atoms with E-state index in [9.17, 15) is 9.59 Å². The van der Waals surface area contributed by atoms with Crippen molar-refractivity contribution in [3.8, 4) is 0 Å². The Morgan fingerprint density at radius 3 is 2.70 bits per heavy atom. The number of aromatic amines is 1. The molecule has 166 valence electrons. The van der Waals surface area contributed by atoms with Gasteiger partial charge < -0.3 is 20.9 Å². The summed E-state index contributed by atoms with van der Waals surface area (Å²) in [4.78, 5) is 35.8. The zero-order valence-corrected chi connectivity index (χ0v) is 18.2. The number of carbonyl (C=O) groups excluding carboxylic acids is 2. The summed E-state index contributed by atoms with van der Waals surface area (Å²) < 4.78 is 0. The lowest BCUT2D eigenvalue weighted by molar-refractivity contribution is -0.128. The Balaban J connectivity index is 1.49. The molecule has 0 aliphatic carbocycles. The van der Waals surface area contributed by atoms with E-state index < -0.39 is 11.3 Å². The number of amides is 2. The van der Waals surface area contributed by atoms with Crippen molar-refractivity contribution in [2.24, 2.45) is 11.1 Å². The quantitative estimate of drug-likeness (QED) is 0.455. The molecule has 2 aliphatic rings. The van der Waals surface area contributed by atoms with E-state index in [1.54, 1.807) is 12.3 Å². The Bertz CT molecular complexity index is 1400. The predicted molar refractivity (Wildman–Crippen MR) is 128 cm³/mol. The van der Waals surface area contributed by atoms with Gasteiger partial charge in [0.25, 0.3) is 0 Å². The minimum absolute atomic E-state index is 0.109. The van der Waals surface area contributed by atoms with Crippen molar-refractivity contribution in [1.29, 1.82) is 0 Å². The van der Waals surface area contributed by atoms with E-state index in [0.29, 0.717) is 18.7 Å². The fourth-order valence-electron chi connectivity index (χ4n) is 5.90. The Kier molecular flexibility index (Phi) is 4.40. The summed E-state index contributed by atoms with van der Waals surface area (Å²) in [5.74, 6) is 0.547. The standard InChI is InChI=1S/C26H25N5O2/c27-23(32)17-8-4-9-19-21(17)22-20(30-19)10-12-28-24(22)31-13-5-11-26(15-31)18(14-29-25(26)33)16-6-2-1-3-7-16/h1-4,6-10,12,18,30H,5,11,13-15H2,(H2,27,32)(H,29,33). The molecule has 4 N–H and O–H groups in total. The number of benzene rings is 2. The summed E-state index contributed by atoms with van der Waals surface area (Å²) >= 11 is 0. The number of carbonyl (C=O) groups is 2. The normalized spacial score (nSPS) is 22.8. The lowest BCUT2D eigenvalue weighted by atomic mass is 9.69. The summed E-state index contributed by atoms with van der Waals surface area (Å²) in [6.45, 7) is 2.03. The van der Waals surface area contributed by atoms with E-state index in [0.717, 1.165) is 47.0 Å². The summed E-state index contributed by atoms with van der Waals surface area (Å²) in [5, 5.41) is 4.81. The predicted octanol–water partition coefficient (Wildman–Crippen LogP) is 3.32. The number of piperidine rings is 1. The molecule has 2 unspecified atom stereocenters. The third-order valence-corrected chi connectivity index (χ3v) is 7.39. The first kappa shape index (κ1) is 19.8. The van der Waals surface area contributed by atoms with Crippen LogP contribution < -0.4 is 16.0 Å². The van der Waals surface area contributed by atoms with Gasteiger partial charge in [-0.3, -0.25) is 9.59 Å². The fourth-order valence-corrected chi connectivity index (χ4v) is 5.90. The molecule has 1 spiro atoms. The molecule has 2 fully saturated rings. The molecule has 0 saturated carbocycles. The van der Waals surface area contributed by atoms with E-state index in [1.807, 2.05) is 36.4 Å². The van der Waals surface area contributed by atoms with E-state index in [4.69, 9.17) is 10.7 Å². The molecule has 7 nitrogen and oxygen atoms in total. The maximum Gasteiger partial charge on any atom is 0.249 e. The van der Waals surface area contributed by atoms with Gasteiger partial charge in [-0.2, -0.15) is 0 Å². The molecule has 2 aromatic heterocycles. The van der Waals surface area contributed by atoms with Gasteiger partial charge in [0.1, 0.15) is 5.82 Å². The van der Waals surface area contributed by atoms with Gasteiger partial charge >= 0.3 is 0 Å². The number of hydrogen-bond donors (Lipinski definition) is 3. The maximum absolute atomic E-state index is 13.3. The van der Waals surface area contributed by atoms with Crippen molar-refractivity contribution in [3.05, 3.63) is 71.9 Å². The highest BCUT2D eigenvalue weighted by atomic mass is 16.2. The maximum atomic E-state index is 13.3. The molecule has 0 bridgehead atoms. The molecular formula is C26H25N5O2. The number of aromatic nitrogens is 2. The first-order valence-corrected chi connectivity index (χ1v) is 11.4. The molecule has 2 amide bonds. The summed E-state index contributed by atoms with van der Waals surface area (Å²) in [7, 11) is 0. The highest BCUT2D eigenvalue weighted by Crippen LogP contribution is 2.48. The minimum Gasteiger partial charge on any atom is -0.366 e. The fraction of sp³-hybridized carbons (Fsp3) is 0.269. The van der Waals surface area contributed by atoms with E-state index in [1.165, 1.54) is 5.56 Å². The number of nitrogens with one attached hydrogen (secondary N) is 2. The SMILES string of the molecule is NC(=O)c1cccc2[nH]c3ccnc(N4CCCC5(C4)C(=O)NCC5c4ccccc4)c3c12. The van der Waals surface area contributed by atoms with E-state index in [2.05, 4.69) is 27.3 Å². The molecule has 4 aromatic rings. The second-order valence-corrected chi connectivity index (χ2v) is 9.13. The average Bonchev–Trinajstić information content (AvgIpc) is 3.37. The Hall–Kier alpha value is -3.87. The third-order valence-electron chi connectivity index (χ3n) is 7.39. The van der Waals surface area contributed by atoms with Crippen LogP contribution in [0.5, 0.6) is 0 Å². The Labute approximate surface area is 191 Å². The van der Waals surface area contributed by atoms with Crippen LogP contribution in [0.25, 0.3) is 21.8 Å². The molecule has 2 aromatic carbocycles. The van der Waals surface area contributed by atoms with Gasteiger partial charge in [0.05, 0.1) is 16.3 Å². The van der Waals surface area contributed by atoms with Crippen LogP contribution in [-0.4, -0.2) is 41.4 Å². The van der Waals surface area contributed by atoms with Crippen molar-refractivity contribution in [2.45, 2.75) is 18.8 Å². The zero-order chi connectivity index (χ0) is 22.6. The molecule has 4 heterocycles.